The second-order valence-corrected chi connectivity index (χ2v) is 4.29. The highest BCUT2D eigenvalue weighted by atomic mass is 16.5. The zero-order valence-electron chi connectivity index (χ0n) is 9.93. The van der Waals surface area contributed by atoms with Gasteiger partial charge in [-0.1, -0.05) is 0 Å². The first-order valence-electron chi connectivity index (χ1n) is 5.90. The Hall–Kier alpha value is -2.29. The Labute approximate surface area is 107 Å². The molecule has 0 saturated carbocycles. The molecule has 100 valence electrons. The van der Waals surface area contributed by atoms with Crippen molar-refractivity contribution in [3.05, 3.63) is 12.1 Å². The summed E-state index contributed by atoms with van der Waals surface area (Å²) in [6.45, 7) is 0.504. The molecule has 9 nitrogen and oxygen atoms in total. The summed E-state index contributed by atoms with van der Waals surface area (Å²) in [6, 6.07) is 3.50. The minimum Gasteiger partial charge on any atom is -0.479 e. The van der Waals surface area contributed by atoms with Crippen molar-refractivity contribution in [1.29, 1.82) is 0 Å². The minimum absolute atomic E-state index is 0.118. The summed E-state index contributed by atoms with van der Waals surface area (Å²) < 4.78 is 6.70. The van der Waals surface area contributed by atoms with Gasteiger partial charge in [0.1, 0.15) is 5.82 Å². The van der Waals surface area contributed by atoms with E-state index in [1.54, 1.807) is 12.1 Å². The number of nitrogens with one attached hydrogen (secondary N) is 1. The van der Waals surface area contributed by atoms with E-state index < -0.39 is 12.1 Å². The molecule has 0 spiro atoms. The van der Waals surface area contributed by atoms with Crippen LogP contribution in [0.5, 0.6) is 0 Å². The molecule has 0 aliphatic carbocycles. The highest BCUT2D eigenvalue weighted by Gasteiger charge is 2.30. The average Bonchev–Trinajstić information content (AvgIpc) is 3.04. The molecular weight excluding hydrogens is 252 g/mol. The smallest absolute Gasteiger partial charge is 0.332 e. The fourth-order valence-electron chi connectivity index (χ4n) is 2.00. The zero-order chi connectivity index (χ0) is 13.2. The molecule has 3 rings (SSSR count). The maximum absolute atomic E-state index is 10.8. The second kappa shape index (κ2) is 4.76. The summed E-state index contributed by atoms with van der Waals surface area (Å²) >= 11 is 0. The predicted octanol–water partition coefficient (Wildman–Crippen LogP) is -0.437. The van der Waals surface area contributed by atoms with Crippen molar-refractivity contribution < 1.29 is 14.6 Å². The number of carboxylic acid groups (broad SMARTS) is 1. The number of carbonyl (C=O) groups is 1. The molecule has 2 aromatic rings. The quantitative estimate of drug-likeness (QED) is 0.764. The number of tetrazole rings is 1. The van der Waals surface area contributed by atoms with Crippen LogP contribution in [0.2, 0.25) is 0 Å². The highest BCUT2D eigenvalue weighted by molar-refractivity contribution is 5.72. The number of hydrogen-bond acceptors (Lipinski definition) is 7. The van der Waals surface area contributed by atoms with Gasteiger partial charge in [-0.3, -0.25) is 0 Å². The minimum atomic E-state index is -0.907. The number of nitrogens with zero attached hydrogens (tertiary/aromatic N) is 5. The monoisotopic (exact) mass is 264 g/mol. The lowest BCUT2D eigenvalue weighted by Crippen LogP contribution is -2.24. The molecule has 0 aromatic carbocycles. The van der Waals surface area contributed by atoms with Gasteiger partial charge in [-0.2, -0.15) is 0 Å². The topological polar surface area (TPSA) is 115 Å². The van der Waals surface area contributed by atoms with Crippen LogP contribution in [0.4, 0.5) is 5.82 Å². The molecule has 1 fully saturated rings. The predicted molar refractivity (Wildman–Crippen MR) is 62.6 cm³/mol. The van der Waals surface area contributed by atoms with Crippen LogP contribution in [0, 0.1) is 0 Å². The average molecular weight is 264 g/mol. The molecule has 3 heterocycles. The number of fused-ring (bicyclic) bond motifs is 1. The Morgan fingerprint density at radius 3 is 3.21 bits per heavy atom. The van der Waals surface area contributed by atoms with E-state index in [1.165, 1.54) is 4.63 Å². The van der Waals surface area contributed by atoms with Gasteiger partial charge in [-0.15, -0.1) is 14.8 Å². The molecule has 9 heteroatoms. The number of anilines is 1. The molecule has 2 N–H and O–H groups in total. The van der Waals surface area contributed by atoms with Crippen molar-refractivity contribution in [3.63, 3.8) is 0 Å². The SMILES string of the molecule is O=C(O)C1CCC(CNc2ccc3nnnn3n2)O1. The molecule has 1 saturated heterocycles. The van der Waals surface area contributed by atoms with Crippen molar-refractivity contribution in [3.8, 4) is 0 Å². The van der Waals surface area contributed by atoms with Crippen LogP contribution in [-0.2, 0) is 9.53 Å². The van der Waals surface area contributed by atoms with Gasteiger partial charge < -0.3 is 15.2 Å². The summed E-state index contributed by atoms with van der Waals surface area (Å²) in [7, 11) is 0. The molecule has 1 aliphatic rings. The van der Waals surface area contributed by atoms with Gasteiger partial charge in [0.25, 0.3) is 0 Å². The van der Waals surface area contributed by atoms with Crippen LogP contribution < -0.4 is 5.32 Å². The molecule has 2 atom stereocenters. The van der Waals surface area contributed by atoms with E-state index in [9.17, 15) is 4.79 Å². The van der Waals surface area contributed by atoms with Crippen LogP contribution in [0.15, 0.2) is 12.1 Å². The van der Waals surface area contributed by atoms with Gasteiger partial charge >= 0.3 is 5.97 Å². The number of rotatable bonds is 4. The maximum Gasteiger partial charge on any atom is 0.332 e. The van der Waals surface area contributed by atoms with Crippen LogP contribution in [0.3, 0.4) is 0 Å². The van der Waals surface area contributed by atoms with Gasteiger partial charge in [0.2, 0.25) is 0 Å². The Morgan fingerprint density at radius 2 is 2.42 bits per heavy atom. The summed E-state index contributed by atoms with van der Waals surface area (Å²) in [6.07, 6.45) is 0.451. The van der Waals surface area contributed by atoms with Gasteiger partial charge in [-0.05, 0) is 35.4 Å². The van der Waals surface area contributed by atoms with Gasteiger partial charge in [0, 0.05) is 6.54 Å². The Morgan fingerprint density at radius 1 is 1.53 bits per heavy atom. The molecule has 1 aliphatic heterocycles. The van der Waals surface area contributed by atoms with Crippen LogP contribution in [-0.4, -0.2) is 55.1 Å². The molecule has 2 aromatic heterocycles. The van der Waals surface area contributed by atoms with Crippen molar-refractivity contribution >= 4 is 17.4 Å². The molecule has 0 amide bonds. The Balaban J connectivity index is 1.59. The van der Waals surface area contributed by atoms with Crippen molar-refractivity contribution in [2.45, 2.75) is 25.0 Å². The van der Waals surface area contributed by atoms with E-state index in [4.69, 9.17) is 9.84 Å². The van der Waals surface area contributed by atoms with Gasteiger partial charge in [-0.25, -0.2) is 4.79 Å². The van der Waals surface area contributed by atoms with Crippen LogP contribution in [0.25, 0.3) is 5.65 Å². The normalized spacial score (nSPS) is 22.7. The molecule has 2 unspecified atom stereocenters. The number of ether oxygens (including phenoxy) is 1. The maximum atomic E-state index is 10.8. The van der Waals surface area contributed by atoms with Crippen LogP contribution >= 0.6 is 0 Å². The van der Waals surface area contributed by atoms with Gasteiger partial charge in [0.15, 0.2) is 11.8 Å². The number of aliphatic carboxylic acids is 1. The third kappa shape index (κ3) is 2.45. The lowest BCUT2D eigenvalue weighted by atomic mass is 10.2. The standard InChI is InChI=1S/C10H12N6O3/c17-10(18)7-2-1-6(19-7)5-11-8-3-4-9-12-14-15-16(9)13-8/h3-4,6-7H,1-2,5H2,(H,11,13)(H,17,18). The van der Waals surface area contributed by atoms with E-state index in [0.717, 1.165) is 6.42 Å². The molecule has 0 bridgehead atoms. The lowest BCUT2D eigenvalue weighted by Gasteiger charge is -2.12. The van der Waals surface area contributed by atoms with E-state index >= 15 is 0 Å². The van der Waals surface area contributed by atoms with E-state index in [1.807, 2.05) is 0 Å². The van der Waals surface area contributed by atoms with Crippen molar-refractivity contribution in [1.82, 2.24) is 25.3 Å². The van der Waals surface area contributed by atoms with E-state index in [2.05, 4.69) is 25.9 Å². The van der Waals surface area contributed by atoms with Crippen molar-refractivity contribution in [2.75, 3.05) is 11.9 Å². The van der Waals surface area contributed by atoms with Crippen molar-refractivity contribution in [2.24, 2.45) is 0 Å². The summed E-state index contributed by atoms with van der Waals surface area (Å²) in [5.74, 6) is -0.294. The second-order valence-electron chi connectivity index (χ2n) is 4.29. The Bertz CT molecular complexity index is 600. The molecule has 0 radical (unpaired) electrons. The first-order chi connectivity index (χ1) is 9.22. The summed E-state index contributed by atoms with van der Waals surface area (Å²) in [5.41, 5.74) is 0.564. The first kappa shape index (κ1) is 11.8. The molecular formula is C10H12N6O3. The largest absolute Gasteiger partial charge is 0.479 e. The fraction of sp³-hybridized carbons (Fsp3) is 0.500. The zero-order valence-corrected chi connectivity index (χ0v) is 9.93. The number of hydrogen-bond donors (Lipinski definition) is 2. The number of aromatic nitrogens is 5. The lowest BCUT2D eigenvalue weighted by molar-refractivity contribution is -0.149. The first-order valence-corrected chi connectivity index (χ1v) is 5.90. The Kier molecular flexibility index (Phi) is 2.95. The summed E-state index contributed by atoms with van der Waals surface area (Å²) in [4.78, 5) is 10.8. The van der Waals surface area contributed by atoms with Gasteiger partial charge in [0.05, 0.1) is 6.10 Å². The van der Waals surface area contributed by atoms with E-state index in [-0.39, 0.29) is 6.10 Å². The fourth-order valence-corrected chi connectivity index (χ4v) is 2.00. The van der Waals surface area contributed by atoms with Crippen LogP contribution in [0.1, 0.15) is 12.8 Å². The number of carboxylic acids is 1. The van der Waals surface area contributed by atoms with E-state index in [0.29, 0.717) is 24.4 Å². The highest BCUT2D eigenvalue weighted by Crippen LogP contribution is 2.20. The third-order valence-electron chi connectivity index (χ3n) is 2.96. The third-order valence-corrected chi connectivity index (χ3v) is 2.96. The molecule has 19 heavy (non-hydrogen) atoms. The summed E-state index contributed by atoms with van der Waals surface area (Å²) in [5, 5.41) is 27.0.